The van der Waals surface area contributed by atoms with Gasteiger partial charge in [-0.05, 0) is 22.9 Å². The topological polar surface area (TPSA) is 134 Å². The van der Waals surface area contributed by atoms with Gasteiger partial charge < -0.3 is 14.4 Å². The van der Waals surface area contributed by atoms with Gasteiger partial charge in [-0.3, -0.25) is 9.48 Å². The minimum absolute atomic E-state index is 0.0618. The van der Waals surface area contributed by atoms with Crippen LogP contribution in [0, 0.1) is 0 Å². The Bertz CT molecular complexity index is 1290. The Kier molecular flexibility index (Phi) is 7.49. The number of nitrogens with zero attached hydrogens (tertiary/aromatic N) is 7. The van der Waals surface area contributed by atoms with Crippen molar-refractivity contribution in [1.29, 1.82) is 0 Å². The fourth-order valence-electron chi connectivity index (χ4n) is 2.91. The van der Waals surface area contributed by atoms with Gasteiger partial charge in [0, 0.05) is 32.4 Å². The largest absolute Gasteiger partial charge is 0.458 e. The van der Waals surface area contributed by atoms with Crippen molar-refractivity contribution in [2.75, 3.05) is 33.1 Å². The Morgan fingerprint density at radius 1 is 1.39 bits per heavy atom. The molecule has 178 valence electrons. The third-order valence-electron chi connectivity index (χ3n) is 4.50. The van der Waals surface area contributed by atoms with E-state index in [0.29, 0.717) is 29.9 Å². The summed E-state index contributed by atoms with van der Waals surface area (Å²) in [5, 5.41) is 8.11. The molecule has 3 heterocycles. The number of fused-ring (bicyclic) bond motifs is 1. The number of hydrogen-bond acceptors (Lipinski definition) is 9. The van der Waals surface area contributed by atoms with Gasteiger partial charge in [-0.2, -0.15) is 14.2 Å². The lowest BCUT2D eigenvalue weighted by atomic mass is 10.2. The van der Waals surface area contributed by atoms with E-state index in [1.165, 1.54) is 11.1 Å². The van der Waals surface area contributed by atoms with Gasteiger partial charge in [0.05, 0.1) is 25.7 Å². The fraction of sp³-hybridized carbons (Fsp3) is 0.421. The predicted octanol–water partition coefficient (Wildman–Crippen LogP) is 1.33. The van der Waals surface area contributed by atoms with Crippen molar-refractivity contribution >= 4 is 49.0 Å². The highest BCUT2D eigenvalue weighted by Crippen LogP contribution is 2.23. The Morgan fingerprint density at radius 2 is 2.12 bits per heavy atom. The SMILES string of the molecule is C=Cc1cn(C)nc1C(=O)N(C)CCOC[C@@H](C)Oc1ncc2c(n1)c(Br)nn2S(C)(=O)=O. The Morgan fingerprint density at radius 3 is 2.79 bits per heavy atom. The molecule has 0 unspecified atom stereocenters. The number of carbonyl (C=O) groups is 1. The summed E-state index contributed by atoms with van der Waals surface area (Å²) in [4.78, 5) is 22.4. The molecule has 3 rings (SSSR count). The average Bonchev–Trinajstić information content (AvgIpc) is 3.30. The number of hydrogen-bond donors (Lipinski definition) is 0. The lowest BCUT2D eigenvalue weighted by Crippen LogP contribution is -2.32. The Hall–Kier alpha value is -2.84. The first-order chi connectivity index (χ1) is 15.5. The van der Waals surface area contributed by atoms with E-state index >= 15 is 0 Å². The number of aryl methyl sites for hydroxylation is 1. The van der Waals surface area contributed by atoms with E-state index in [1.807, 2.05) is 0 Å². The van der Waals surface area contributed by atoms with Gasteiger partial charge in [0.15, 0.2) is 10.3 Å². The quantitative estimate of drug-likeness (QED) is 0.348. The molecule has 0 fully saturated rings. The van der Waals surface area contributed by atoms with Crippen LogP contribution in [0.25, 0.3) is 17.1 Å². The summed E-state index contributed by atoms with van der Waals surface area (Å²) in [5.41, 5.74) is 1.56. The highest BCUT2D eigenvalue weighted by molar-refractivity contribution is 9.10. The number of ether oxygens (including phenoxy) is 2. The van der Waals surface area contributed by atoms with Gasteiger partial charge in [-0.25, -0.2) is 13.4 Å². The molecule has 0 aliphatic heterocycles. The second-order valence-corrected chi connectivity index (χ2v) is 9.89. The predicted molar refractivity (Wildman–Crippen MR) is 124 cm³/mol. The second-order valence-electron chi connectivity index (χ2n) is 7.32. The van der Waals surface area contributed by atoms with Crippen LogP contribution in [0.5, 0.6) is 6.01 Å². The first-order valence-corrected chi connectivity index (χ1v) is 12.4. The summed E-state index contributed by atoms with van der Waals surface area (Å²) in [6.07, 6.45) is 5.30. The van der Waals surface area contributed by atoms with Crippen molar-refractivity contribution < 1.29 is 22.7 Å². The summed E-state index contributed by atoms with van der Waals surface area (Å²) in [6, 6.07) is 0.0618. The van der Waals surface area contributed by atoms with Crippen molar-refractivity contribution in [3.63, 3.8) is 0 Å². The maximum Gasteiger partial charge on any atom is 0.317 e. The summed E-state index contributed by atoms with van der Waals surface area (Å²) < 4.78 is 37.6. The second kappa shape index (κ2) is 9.97. The number of carbonyl (C=O) groups excluding carboxylic acids is 1. The molecule has 0 N–H and O–H groups in total. The van der Waals surface area contributed by atoms with E-state index in [9.17, 15) is 13.2 Å². The molecule has 0 aliphatic rings. The molecule has 0 bridgehead atoms. The Balaban J connectivity index is 1.52. The molecule has 0 aliphatic carbocycles. The molecular formula is C19H24BrN7O5S. The van der Waals surface area contributed by atoms with Crippen LogP contribution in [0.3, 0.4) is 0 Å². The van der Waals surface area contributed by atoms with E-state index in [-0.39, 0.29) is 28.6 Å². The van der Waals surface area contributed by atoms with E-state index in [2.05, 4.69) is 42.7 Å². The molecule has 1 amide bonds. The lowest BCUT2D eigenvalue weighted by molar-refractivity contribution is 0.0418. The van der Waals surface area contributed by atoms with Crippen LogP contribution in [-0.4, -0.2) is 87.3 Å². The van der Waals surface area contributed by atoms with Crippen molar-refractivity contribution in [1.82, 2.24) is 33.8 Å². The zero-order valence-electron chi connectivity index (χ0n) is 18.6. The highest BCUT2D eigenvalue weighted by Gasteiger charge is 2.20. The molecule has 0 saturated heterocycles. The number of halogens is 1. The van der Waals surface area contributed by atoms with Gasteiger partial charge in [-0.15, -0.1) is 5.10 Å². The van der Waals surface area contributed by atoms with Crippen LogP contribution in [0.4, 0.5) is 0 Å². The van der Waals surface area contributed by atoms with Gasteiger partial charge in [0.2, 0.25) is 0 Å². The Labute approximate surface area is 199 Å². The zero-order valence-corrected chi connectivity index (χ0v) is 21.0. The molecular weight excluding hydrogens is 518 g/mol. The molecule has 12 nitrogen and oxygen atoms in total. The van der Waals surface area contributed by atoms with E-state index in [1.54, 1.807) is 38.0 Å². The molecule has 33 heavy (non-hydrogen) atoms. The number of amides is 1. The molecule has 14 heteroatoms. The normalized spacial score (nSPS) is 12.6. The maximum absolute atomic E-state index is 12.6. The number of aromatic nitrogens is 6. The van der Waals surface area contributed by atoms with Crippen LogP contribution in [0.2, 0.25) is 0 Å². The highest BCUT2D eigenvalue weighted by atomic mass is 79.9. The third kappa shape index (κ3) is 5.75. The fourth-order valence-corrected chi connectivity index (χ4v) is 4.19. The molecule has 0 saturated carbocycles. The van der Waals surface area contributed by atoms with Crippen molar-refractivity contribution in [3.8, 4) is 6.01 Å². The monoisotopic (exact) mass is 541 g/mol. The molecule has 0 radical (unpaired) electrons. The first-order valence-electron chi connectivity index (χ1n) is 9.79. The molecule has 3 aromatic heterocycles. The standard InChI is InChI=1S/C19H24BrN7O5S/c1-6-13-10-26(4)23-15(13)18(28)25(3)7-8-31-11-12(2)32-19-21-9-14-16(22-19)17(20)24-27(14)33(5,29)30/h6,9-10,12H,1,7-8,11H2,2-5H3/t12-/m1/s1. The van der Waals surface area contributed by atoms with Crippen molar-refractivity contribution in [2.45, 2.75) is 13.0 Å². The minimum Gasteiger partial charge on any atom is -0.458 e. The van der Waals surface area contributed by atoms with Gasteiger partial charge in [0.1, 0.15) is 17.1 Å². The van der Waals surface area contributed by atoms with Gasteiger partial charge in [-0.1, -0.05) is 12.7 Å². The maximum atomic E-state index is 12.6. The summed E-state index contributed by atoms with van der Waals surface area (Å²) in [5.74, 6) is -0.222. The van der Waals surface area contributed by atoms with E-state index in [0.717, 1.165) is 10.3 Å². The minimum atomic E-state index is -3.60. The molecule has 0 aromatic carbocycles. The van der Waals surface area contributed by atoms with Crippen LogP contribution < -0.4 is 4.74 Å². The number of likely N-dealkylation sites (N-methyl/N-ethyl adjacent to an activating group) is 1. The van der Waals surface area contributed by atoms with Crippen LogP contribution >= 0.6 is 15.9 Å². The average molecular weight is 542 g/mol. The number of rotatable bonds is 10. The van der Waals surface area contributed by atoms with Crippen molar-refractivity contribution in [3.05, 3.63) is 34.8 Å². The molecule has 0 spiro atoms. The molecule has 3 aromatic rings. The van der Waals surface area contributed by atoms with Crippen LogP contribution in [-0.2, 0) is 21.8 Å². The molecule has 1 atom stereocenters. The van der Waals surface area contributed by atoms with Crippen LogP contribution in [0.15, 0.2) is 23.6 Å². The third-order valence-corrected chi connectivity index (χ3v) is 5.94. The van der Waals surface area contributed by atoms with Gasteiger partial charge in [0.25, 0.3) is 15.9 Å². The van der Waals surface area contributed by atoms with Gasteiger partial charge >= 0.3 is 6.01 Å². The van der Waals surface area contributed by atoms with Crippen molar-refractivity contribution in [2.24, 2.45) is 7.05 Å². The zero-order chi connectivity index (χ0) is 24.3. The summed E-state index contributed by atoms with van der Waals surface area (Å²) in [6.45, 7) is 6.36. The lowest BCUT2D eigenvalue weighted by Gasteiger charge is -2.18. The summed E-state index contributed by atoms with van der Waals surface area (Å²) in [7, 11) is -0.183. The van der Waals surface area contributed by atoms with E-state index in [4.69, 9.17) is 9.47 Å². The first kappa shape index (κ1) is 24.8. The van der Waals surface area contributed by atoms with E-state index < -0.39 is 16.1 Å². The summed E-state index contributed by atoms with van der Waals surface area (Å²) >= 11 is 3.20. The van der Waals surface area contributed by atoms with Crippen LogP contribution in [0.1, 0.15) is 23.0 Å². The smallest absolute Gasteiger partial charge is 0.317 e.